The Morgan fingerprint density at radius 2 is 1.91 bits per heavy atom. The van der Waals surface area contributed by atoms with Crippen LogP contribution >= 0.6 is 0 Å². The number of ether oxygens (including phenoxy) is 1. The maximum atomic E-state index is 13.6. The fraction of sp³-hybridized carbons (Fsp3) is 0.200. The standard InChI is InChI=1S/C15H13FN2O5/c1-3-6-17-13(20)14(21)18(15(17)22)8-11(19)9-4-5-12(23-2)10(16)7-9/h3-5,7H,1,6,8H2,2H3. The van der Waals surface area contributed by atoms with Gasteiger partial charge in [0.25, 0.3) is 0 Å². The average molecular weight is 320 g/mol. The summed E-state index contributed by atoms with van der Waals surface area (Å²) in [6.45, 7) is 2.60. The van der Waals surface area contributed by atoms with Crippen molar-refractivity contribution in [3.05, 3.63) is 42.2 Å². The quantitative estimate of drug-likeness (QED) is 0.338. The molecule has 0 radical (unpaired) electrons. The Balaban J connectivity index is 2.18. The number of Topliss-reactive ketones (excluding diaryl/α,β-unsaturated/α-hetero) is 1. The second kappa shape index (κ2) is 6.39. The first-order valence-electron chi connectivity index (χ1n) is 6.55. The van der Waals surface area contributed by atoms with Crippen LogP contribution in [0.15, 0.2) is 30.9 Å². The highest BCUT2D eigenvalue weighted by Gasteiger charge is 2.44. The van der Waals surface area contributed by atoms with Gasteiger partial charge in [-0.15, -0.1) is 6.58 Å². The molecule has 0 N–H and O–H groups in total. The number of hydrogen-bond donors (Lipinski definition) is 0. The summed E-state index contributed by atoms with van der Waals surface area (Å²) in [6.07, 6.45) is 1.28. The van der Waals surface area contributed by atoms with E-state index in [9.17, 15) is 23.6 Å². The molecule has 0 spiro atoms. The number of methoxy groups -OCH3 is 1. The molecule has 1 aromatic carbocycles. The first-order valence-corrected chi connectivity index (χ1v) is 6.55. The lowest BCUT2D eigenvalue weighted by Gasteiger charge is -2.13. The third-order valence-electron chi connectivity index (χ3n) is 3.22. The molecule has 1 saturated heterocycles. The fourth-order valence-corrected chi connectivity index (χ4v) is 2.05. The van der Waals surface area contributed by atoms with Gasteiger partial charge >= 0.3 is 17.8 Å². The molecule has 1 fully saturated rings. The van der Waals surface area contributed by atoms with E-state index in [2.05, 4.69) is 6.58 Å². The first kappa shape index (κ1) is 16.3. The molecule has 0 bridgehead atoms. The van der Waals surface area contributed by atoms with E-state index in [1.807, 2.05) is 0 Å². The van der Waals surface area contributed by atoms with Gasteiger partial charge in [-0.25, -0.2) is 14.1 Å². The van der Waals surface area contributed by atoms with Gasteiger partial charge in [-0.05, 0) is 18.2 Å². The van der Waals surface area contributed by atoms with Gasteiger partial charge in [0.1, 0.15) is 0 Å². The molecule has 0 aliphatic carbocycles. The van der Waals surface area contributed by atoms with Gasteiger partial charge < -0.3 is 4.74 Å². The molecule has 1 heterocycles. The highest BCUT2D eigenvalue weighted by Crippen LogP contribution is 2.19. The van der Waals surface area contributed by atoms with E-state index < -0.39 is 36.0 Å². The molecular formula is C15H13FN2O5. The van der Waals surface area contributed by atoms with Crippen LogP contribution in [0, 0.1) is 5.82 Å². The van der Waals surface area contributed by atoms with Crippen LogP contribution in [0.3, 0.4) is 0 Å². The third-order valence-corrected chi connectivity index (χ3v) is 3.22. The lowest BCUT2D eigenvalue weighted by Crippen LogP contribution is -2.37. The number of halogens is 1. The minimum atomic E-state index is -1.10. The van der Waals surface area contributed by atoms with Crippen LogP contribution in [0.2, 0.25) is 0 Å². The number of carbonyl (C=O) groups excluding carboxylic acids is 4. The number of rotatable bonds is 6. The van der Waals surface area contributed by atoms with Gasteiger partial charge in [0.2, 0.25) is 0 Å². The molecular weight excluding hydrogens is 307 g/mol. The van der Waals surface area contributed by atoms with Crippen molar-refractivity contribution in [2.75, 3.05) is 20.2 Å². The van der Waals surface area contributed by atoms with Crippen molar-refractivity contribution in [3.63, 3.8) is 0 Å². The summed E-state index contributed by atoms with van der Waals surface area (Å²) in [5.41, 5.74) is -0.0430. The van der Waals surface area contributed by atoms with Crippen molar-refractivity contribution in [2.45, 2.75) is 0 Å². The number of ketones is 1. The van der Waals surface area contributed by atoms with E-state index in [1.165, 1.54) is 25.3 Å². The second-order valence-electron chi connectivity index (χ2n) is 4.65. The van der Waals surface area contributed by atoms with Crippen LogP contribution in [0.4, 0.5) is 9.18 Å². The summed E-state index contributed by atoms with van der Waals surface area (Å²) in [5.74, 6) is -3.59. The van der Waals surface area contributed by atoms with Crippen LogP contribution in [0.1, 0.15) is 10.4 Å². The summed E-state index contributed by atoms with van der Waals surface area (Å²) in [5, 5.41) is 0. The maximum Gasteiger partial charge on any atom is 0.334 e. The normalized spacial score (nSPS) is 14.4. The minimum absolute atomic E-state index is 0.0396. The number of urea groups is 1. The Morgan fingerprint density at radius 1 is 1.26 bits per heavy atom. The number of benzene rings is 1. The zero-order valence-corrected chi connectivity index (χ0v) is 12.2. The van der Waals surface area contributed by atoms with Crippen molar-refractivity contribution in [3.8, 4) is 5.75 Å². The first-order chi connectivity index (χ1) is 10.9. The Hall–Kier alpha value is -3.03. The monoisotopic (exact) mass is 320 g/mol. The van der Waals surface area contributed by atoms with E-state index in [0.717, 1.165) is 6.07 Å². The average Bonchev–Trinajstić information content (AvgIpc) is 2.73. The van der Waals surface area contributed by atoms with Gasteiger partial charge in [-0.3, -0.25) is 19.3 Å². The Labute approximate surface area is 130 Å². The number of amides is 4. The van der Waals surface area contributed by atoms with E-state index >= 15 is 0 Å². The lowest BCUT2D eigenvalue weighted by atomic mass is 10.1. The second-order valence-corrected chi connectivity index (χ2v) is 4.65. The zero-order chi connectivity index (χ0) is 17.1. The number of nitrogens with zero attached hydrogens (tertiary/aromatic N) is 2. The summed E-state index contributed by atoms with van der Waals surface area (Å²) >= 11 is 0. The van der Waals surface area contributed by atoms with Crippen molar-refractivity contribution in [2.24, 2.45) is 0 Å². The topological polar surface area (TPSA) is 84.0 Å². The molecule has 8 heteroatoms. The highest BCUT2D eigenvalue weighted by atomic mass is 19.1. The smallest absolute Gasteiger partial charge is 0.334 e. The summed E-state index contributed by atoms with van der Waals surface area (Å²) in [7, 11) is 1.28. The highest BCUT2D eigenvalue weighted by molar-refractivity contribution is 6.45. The van der Waals surface area contributed by atoms with Gasteiger partial charge in [-0.2, -0.15) is 0 Å². The molecule has 0 saturated carbocycles. The predicted molar refractivity (Wildman–Crippen MR) is 76.3 cm³/mol. The largest absolute Gasteiger partial charge is 0.494 e. The molecule has 1 aliphatic heterocycles. The zero-order valence-electron chi connectivity index (χ0n) is 12.2. The van der Waals surface area contributed by atoms with Gasteiger partial charge in [0.05, 0.1) is 13.7 Å². The minimum Gasteiger partial charge on any atom is -0.494 e. The van der Waals surface area contributed by atoms with E-state index in [-0.39, 0.29) is 17.9 Å². The number of imide groups is 2. The maximum absolute atomic E-state index is 13.6. The predicted octanol–water partition coefficient (Wildman–Crippen LogP) is 0.994. The Bertz CT molecular complexity index is 716. The molecule has 120 valence electrons. The van der Waals surface area contributed by atoms with Crippen molar-refractivity contribution < 1.29 is 28.3 Å². The van der Waals surface area contributed by atoms with Crippen molar-refractivity contribution in [1.82, 2.24) is 9.80 Å². The molecule has 0 atom stereocenters. The molecule has 0 aromatic heterocycles. The molecule has 0 unspecified atom stereocenters. The molecule has 1 aromatic rings. The molecule has 7 nitrogen and oxygen atoms in total. The van der Waals surface area contributed by atoms with Gasteiger partial charge in [0.15, 0.2) is 17.3 Å². The van der Waals surface area contributed by atoms with Crippen LogP contribution < -0.4 is 4.74 Å². The van der Waals surface area contributed by atoms with Crippen LogP contribution in [-0.4, -0.2) is 53.6 Å². The van der Waals surface area contributed by atoms with Crippen molar-refractivity contribution >= 4 is 23.6 Å². The fourth-order valence-electron chi connectivity index (χ4n) is 2.05. The van der Waals surface area contributed by atoms with Crippen LogP contribution in [-0.2, 0) is 9.59 Å². The van der Waals surface area contributed by atoms with E-state index in [0.29, 0.717) is 9.80 Å². The lowest BCUT2D eigenvalue weighted by molar-refractivity contribution is -0.142. The Morgan fingerprint density at radius 3 is 2.48 bits per heavy atom. The summed E-state index contributed by atoms with van der Waals surface area (Å²) < 4.78 is 18.3. The van der Waals surface area contributed by atoms with E-state index in [4.69, 9.17) is 4.74 Å². The molecule has 23 heavy (non-hydrogen) atoms. The van der Waals surface area contributed by atoms with Crippen molar-refractivity contribution in [1.29, 1.82) is 0 Å². The SMILES string of the molecule is C=CCN1C(=O)C(=O)N(CC(=O)c2ccc(OC)c(F)c2)C1=O. The molecule has 2 rings (SSSR count). The van der Waals surface area contributed by atoms with E-state index in [1.54, 1.807) is 0 Å². The van der Waals surface area contributed by atoms with Gasteiger partial charge in [-0.1, -0.05) is 6.08 Å². The van der Waals surface area contributed by atoms with Gasteiger partial charge in [0, 0.05) is 12.1 Å². The number of carbonyl (C=O) groups is 4. The number of hydrogen-bond acceptors (Lipinski definition) is 5. The summed E-state index contributed by atoms with van der Waals surface area (Å²) in [6, 6.07) is 2.60. The molecule has 4 amide bonds. The third kappa shape index (κ3) is 2.96. The Kier molecular flexibility index (Phi) is 4.54. The summed E-state index contributed by atoms with van der Waals surface area (Å²) in [4.78, 5) is 48.7. The molecule has 1 aliphatic rings. The van der Waals surface area contributed by atoms with Crippen LogP contribution in [0.25, 0.3) is 0 Å². The van der Waals surface area contributed by atoms with Crippen LogP contribution in [0.5, 0.6) is 5.75 Å².